The number of halogens is 1. The predicted octanol–water partition coefficient (Wildman–Crippen LogP) is 3.00. The fraction of sp³-hybridized carbons (Fsp3) is 0.667. The van der Waals surface area contributed by atoms with Crippen LogP contribution in [0, 0.1) is 6.92 Å². The van der Waals surface area contributed by atoms with Gasteiger partial charge in [0, 0.05) is 19.1 Å². The number of aromatic nitrogens is 1. The molecule has 0 spiro atoms. The minimum atomic E-state index is 0.574. The van der Waals surface area contributed by atoms with E-state index in [2.05, 4.69) is 4.98 Å². The Morgan fingerprint density at radius 3 is 2.69 bits per heavy atom. The summed E-state index contributed by atoms with van der Waals surface area (Å²) in [6, 6.07) is 0. The molecule has 1 aromatic rings. The fourth-order valence-corrected chi connectivity index (χ4v) is 2.76. The molecule has 0 radical (unpaired) electrons. The number of thiazole rings is 1. The van der Waals surface area contributed by atoms with E-state index in [1.54, 1.807) is 11.3 Å². The van der Waals surface area contributed by atoms with Gasteiger partial charge < -0.3 is 4.74 Å². The summed E-state index contributed by atoms with van der Waals surface area (Å²) in [7, 11) is 0. The second-order valence-corrected chi connectivity index (χ2v) is 4.93. The first-order valence-electron chi connectivity index (χ1n) is 4.48. The average Bonchev–Trinajstić information content (AvgIpc) is 2.49. The highest BCUT2D eigenvalue weighted by Crippen LogP contribution is 2.33. The second kappa shape index (κ2) is 3.95. The van der Waals surface area contributed by atoms with E-state index >= 15 is 0 Å². The maximum Gasteiger partial charge on any atom is 0.116 e. The number of hydrogen-bond donors (Lipinski definition) is 0. The van der Waals surface area contributed by atoms with Crippen molar-refractivity contribution in [1.29, 1.82) is 0 Å². The highest BCUT2D eigenvalue weighted by Gasteiger charge is 2.19. The fourth-order valence-electron chi connectivity index (χ4n) is 1.52. The topological polar surface area (TPSA) is 22.1 Å². The summed E-state index contributed by atoms with van der Waals surface area (Å²) >= 11 is 7.59. The van der Waals surface area contributed by atoms with Gasteiger partial charge in [0.1, 0.15) is 4.34 Å². The molecule has 0 unspecified atom stereocenters. The van der Waals surface area contributed by atoms with Crippen LogP contribution < -0.4 is 0 Å². The summed E-state index contributed by atoms with van der Waals surface area (Å²) in [6.45, 7) is 3.68. The minimum Gasteiger partial charge on any atom is -0.381 e. The Bertz CT molecular complexity index is 274. The van der Waals surface area contributed by atoms with Crippen LogP contribution in [-0.2, 0) is 4.74 Å². The summed E-state index contributed by atoms with van der Waals surface area (Å²) in [5, 5.41) is 1.19. The third-order valence-electron chi connectivity index (χ3n) is 2.33. The van der Waals surface area contributed by atoms with Gasteiger partial charge in [-0.25, -0.2) is 4.98 Å². The van der Waals surface area contributed by atoms with Gasteiger partial charge in [-0.15, -0.1) is 11.3 Å². The first-order chi connectivity index (χ1) is 6.27. The van der Waals surface area contributed by atoms with Crippen molar-refractivity contribution in [1.82, 2.24) is 4.98 Å². The molecule has 72 valence electrons. The van der Waals surface area contributed by atoms with Crippen LogP contribution in [0.2, 0.25) is 4.34 Å². The molecular weight excluding hydrogens is 206 g/mol. The normalized spacial score (nSPS) is 19.2. The molecule has 1 aromatic heterocycles. The molecule has 2 heterocycles. The standard InChI is InChI=1S/C9H12ClNOS/c1-6-8(10)13-9(11-6)7-2-4-12-5-3-7/h7H,2-5H2,1H3. The number of ether oxygens (including phenoxy) is 1. The Balaban J connectivity index is 2.14. The van der Waals surface area contributed by atoms with Gasteiger partial charge in [-0.05, 0) is 19.8 Å². The van der Waals surface area contributed by atoms with Crippen molar-refractivity contribution >= 4 is 22.9 Å². The maximum absolute atomic E-state index is 5.97. The van der Waals surface area contributed by atoms with Crippen LogP contribution in [0.15, 0.2) is 0 Å². The molecule has 1 fully saturated rings. The van der Waals surface area contributed by atoms with E-state index in [9.17, 15) is 0 Å². The van der Waals surface area contributed by atoms with Crippen LogP contribution in [0.3, 0.4) is 0 Å². The Hall–Kier alpha value is -0.120. The van der Waals surface area contributed by atoms with Crippen molar-refractivity contribution in [3.8, 4) is 0 Å². The van der Waals surface area contributed by atoms with Gasteiger partial charge in [0.25, 0.3) is 0 Å². The molecule has 0 bridgehead atoms. The molecule has 0 aliphatic carbocycles. The van der Waals surface area contributed by atoms with Gasteiger partial charge in [0.05, 0.1) is 10.7 Å². The number of aryl methyl sites for hydroxylation is 1. The molecule has 0 amide bonds. The molecule has 0 aromatic carbocycles. The van der Waals surface area contributed by atoms with Crippen LogP contribution in [0.1, 0.15) is 29.5 Å². The molecule has 0 saturated carbocycles. The Kier molecular flexibility index (Phi) is 2.86. The molecule has 0 atom stereocenters. The third-order valence-corrected chi connectivity index (χ3v) is 3.94. The molecule has 1 aliphatic heterocycles. The van der Waals surface area contributed by atoms with Crippen molar-refractivity contribution in [3.63, 3.8) is 0 Å². The number of hydrogen-bond acceptors (Lipinski definition) is 3. The SMILES string of the molecule is Cc1nc(C2CCOCC2)sc1Cl. The Labute approximate surface area is 86.9 Å². The minimum absolute atomic E-state index is 0.574. The molecule has 2 nitrogen and oxygen atoms in total. The average molecular weight is 218 g/mol. The summed E-state index contributed by atoms with van der Waals surface area (Å²) in [4.78, 5) is 4.46. The highest BCUT2D eigenvalue weighted by atomic mass is 35.5. The quantitative estimate of drug-likeness (QED) is 0.722. The van der Waals surface area contributed by atoms with Gasteiger partial charge >= 0.3 is 0 Å². The molecule has 1 aliphatic rings. The van der Waals surface area contributed by atoms with Crippen LogP contribution in [-0.4, -0.2) is 18.2 Å². The van der Waals surface area contributed by atoms with Gasteiger partial charge in [0.15, 0.2) is 0 Å². The molecule has 0 N–H and O–H groups in total. The number of rotatable bonds is 1. The van der Waals surface area contributed by atoms with Crippen LogP contribution in [0.25, 0.3) is 0 Å². The molecule has 1 saturated heterocycles. The van der Waals surface area contributed by atoms with Gasteiger partial charge in [-0.3, -0.25) is 0 Å². The molecular formula is C9H12ClNOS. The summed E-state index contributed by atoms with van der Waals surface area (Å²) in [5.41, 5.74) is 0.966. The molecule has 4 heteroatoms. The van der Waals surface area contributed by atoms with E-state index in [0.717, 1.165) is 36.1 Å². The summed E-state index contributed by atoms with van der Waals surface area (Å²) in [6.07, 6.45) is 2.17. The maximum atomic E-state index is 5.97. The van der Waals surface area contributed by atoms with E-state index in [1.165, 1.54) is 5.01 Å². The first kappa shape index (κ1) is 9.44. The smallest absolute Gasteiger partial charge is 0.116 e. The van der Waals surface area contributed by atoms with Crippen LogP contribution >= 0.6 is 22.9 Å². The monoisotopic (exact) mass is 217 g/mol. The summed E-state index contributed by atoms with van der Waals surface area (Å²) in [5.74, 6) is 0.574. The van der Waals surface area contributed by atoms with Gasteiger partial charge in [-0.2, -0.15) is 0 Å². The van der Waals surface area contributed by atoms with Gasteiger partial charge in [-0.1, -0.05) is 11.6 Å². The van der Waals surface area contributed by atoms with Crippen LogP contribution in [0.4, 0.5) is 0 Å². The van der Waals surface area contributed by atoms with Crippen molar-refractivity contribution in [2.75, 3.05) is 13.2 Å². The number of nitrogens with zero attached hydrogens (tertiary/aromatic N) is 1. The highest BCUT2D eigenvalue weighted by molar-refractivity contribution is 7.16. The van der Waals surface area contributed by atoms with Crippen molar-refractivity contribution in [3.05, 3.63) is 15.0 Å². The lowest BCUT2D eigenvalue weighted by Crippen LogP contribution is -2.13. The van der Waals surface area contributed by atoms with E-state index in [0.29, 0.717) is 5.92 Å². The zero-order valence-electron chi connectivity index (χ0n) is 7.55. The lowest BCUT2D eigenvalue weighted by molar-refractivity contribution is 0.0852. The van der Waals surface area contributed by atoms with E-state index in [-0.39, 0.29) is 0 Å². The lowest BCUT2D eigenvalue weighted by atomic mass is 10.0. The third kappa shape index (κ3) is 2.03. The molecule has 13 heavy (non-hydrogen) atoms. The Morgan fingerprint density at radius 2 is 2.15 bits per heavy atom. The Morgan fingerprint density at radius 1 is 1.46 bits per heavy atom. The predicted molar refractivity (Wildman–Crippen MR) is 54.7 cm³/mol. The largest absolute Gasteiger partial charge is 0.381 e. The van der Waals surface area contributed by atoms with Crippen LogP contribution in [0.5, 0.6) is 0 Å². The van der Waals surface area contributed by atoms with E-state index in [4.69, 9.17) is 16.3 Å². The second-order valence-electron chi connectivity index (χ2n) is 3.30. The lowest BCUT2D eigenvalue weighted by Gasteiger charge is -2.19. The van der Waals surface area contributed by atoms with Crippen molar-refractivity contribution in [2.45, 2.75) is 25.7 Å². The van der Waals surface area contributed by atoms with Gasteiger partial charge in [0.2, 0.25) is 0 Å². The first-order valence-corrected chi connectivity index (χ1v) is 5.67. The van der Waals surface area contributed by atoms with E-state index < -0.39 is 0 Å². The van der Waals surface area contributed by atoms with Crippen molar-refractivity contribution < 1.29 is 4.74 Å². The van der Waals surface area contributed by atoms with E-state index in [1.807, 2.05) is 6.92 Å². The summed E-state index contributed by atoms with van der Waals surface area (Å²) < 4.78 is 6.14. The zero-order chi connectivity index (χ0) is 9.26. The zero-order valence-corrected chi connectivity index (χ0v) is 9.12. The molecule has 2 rings (SSSR count). The van der Waals surface area contributed by atoms with Crippen molar-refractivity contribution in [2.24, 2.45) is 0 Å².